The second-order valence-corrected chi connectivity index (χ2v) is 5.94. The molecule has 0 aliphatic carbocycles. The Bertz CT molecular complexity index is 514. The lowest BCUT2D eigenvalue weighted by molar-refractivity contribution is -0.134. The summed E-state index contributed by atoms with van der Waals surface area (Å²) in [4.78, 5) is 25.7. The van der Waals surface area contributed by atoms with Crippen LogP contribution in [0.3, 0.4) is 0 Å². The van der Waals surface area contributed by atoms with E-state index in [2.05, 4.69) is 20.8 Å². The Balaban J connectivity index is 1.71. The van der Waals surface area contributed by atoms with Crippen molar-refractivity contribution in [2.24, 2.45) is 5.92 Å². The van der Waals surface area contributed by atoms with Crippen LogP contribution in [0.15, 0.2) is 18.3 Å². The first-order chi connectivity index (χ1) is 11.1. The lowest BCUT2D eigenvalue weighted by atomic mass is 10.0. The minimum atomic E-state index is -0.0555. The molecule has 1 unspecified atom stereocenters. The number of anilines is 1. The van der Waals surface area contributed by atoms with Gasteiger partial charge in [0.1, 0.15) is 5.82 Å². The molecule has 0 bridgehead atoms. The van der Waals surface area contributed by atoms with Gasteiger partial charge in [-0.05, 0) is 31.4 Å². The third kappa shape index (κ3) is 5.19. The Morgan fingerprint density at radius 3 is 2.74 bits per heavy atom. The average Bonchev–Trinajstić information content (AvgIpc) is 2.60. The summed E-state index contributed by atoms with van der Waals surface area (Å²) in [5, 5.41) is 13.9. The van der Waals surface area contributed by atoms with Crippen LogP contribution in [-0.2, 0) is 9.59 Å². The summed E-state index contributed by atoms with van der Waals surface area (Å²) in [6.07, 6.45) is 4.14. The van der Waals surface area contributed by atoms with E-state index in [9.17, 15) is 9.59 Å². The summed E-state index contributed by atoms with van der Waals surface area (Å²) in [6.45, 7) is 5.29. The summed E-state index contributed by atoms with van der Waals surface area (Å²) in [5.41, 5.74) is 0. The maximum Gasteiger partial charge on any atom is 0.241 e. The number of hydrogen-bond donors (Lipinski definition) is 2. The minimum Gasteiger partial charge on any atom is -0.366 e. The fraction of sp³-hybridized carbons (Fsp3) is 0.625. The number of nitrogens with zero attached hydrogens (tertiary/aromatic N) is 3. The largest absolute Gasteiger partial charge is 0.366 e. The maximum absolute atomic E-state index is 12.1. The van der Waals surface area contributed by atoms with E-state index < -0.39 is 0 Å². The number of carbonyl (C=O) groups excluding carboxylic acids is 2. The molecule has 1 aliphatic rings. The molecule has 1 aliphatic heterocycles. The average molecular weight is 319 g/mol. The molecule has 2 heterocycles. The molecule has 126 valence electrons. The number of aromatic nitrogens is 2. The van der Waals surface area contributed by atoms with Crippen LogP contribution in [0.25, 0.3) is 0 Å². The molecule has 0 radical (unpaired) electrons. The molecule has 2 amide bonds. The van der Waals surface area contributed by atoms with Gasteiger partial charge in [-0.25, -0.2) is 0 Å². The van der Waals surface area contributed by atoms with Crippen LogP contribution in [0.2, 0.25) is 0 Å². The van der Waals surface area contributed by atoms with Crippen molar-refractivity contribution in [3.8, 4) is 0 Å². The van der Waals surface area contributed by atoms with E-state index in [-0.39, 0.29) is 24.3 Å². The molecule has 0 aromatic carbocycles. The Hall–Kier alpha value is -2.18. The standard InChI is InChI=1S/C16H25N5O2/c1-3-12(2)16(23)17-11-15(22)21-9-6-13(7-10-21)19-14-5-4-8-18-20-14/h4-5,8,12-13H,3,6-7,9-11H2,1-2H3,(H,17,23)(H,19,20). The van der Waals surface area contributed by atoms with Gasteiger partial charge in [0.25, 0.3) is 0 Å². The highest BCUT2D eigenvalue weighted by Crippen LogP contribution is 2.14. The zero-order chi connectivity index (χ0) is 16.7. The summed E-state index contributed by atoms with van der Waals surface area (Å²) in [5.74, 6) is 0.641. The first-order valence-electron chi connectivity index (χ1n) is 8.20. The van der Waals surface area contributed by atoms with Crippen LogP contribution >= 0.6 is 0 Å². The summed E-state index contributed by atoms with van der Waals surface area (Å²) >= 11 is 0. The highest BCUT2D eigenvalue weighted by Gasteiger charge is 2.23. The van der Waals surface area contributed by atoms with Crippen LogP contribution in [0.1, 0.15) is 33.1 Å². The van der Waals surface area contributed by atoms with E-state index in [1.165, 1.54) is 0 Å². The molecule has 7 heteroatoms. The molecule has 1 aromatic rings. The smallest absolute Gasteiger partial charge is 0.241 e. The molecule has 0 saturated carbocycles. The van der Waals surface area contributed by atoms with Gasteiger partial charge in [-0.15, -0.1) is 5.10 Å². The Labute approximate surface area is 136 Å². The van der Waals surface area contributed by atoms with E-state index in [1.807, 2.05) is 30.9 Å². The van der Waals surface area contributed by atoms with Gasteiger partial charge in [-0.1, -0.05) is 13.8 Å². The van der Waals surface area contributed by atoms with Gasteiger partial charge in [-0.3, -0.25) is 9.59 Å². The minimum absolute atomic E-state index is 0.0143. The molecule has 1 saturated heterocycles. The first kappa shape index (κ1) is 17.2. The van der Waals surface area contributed by atoms with Crippen LogP contribution in [-0.4, -0.2) is 52.6 Å². The van der Waals surface area contributed by atoms with Gasteiger partial charge >= 0.3 is 0 Å². The van der Waals surface area contributed by atoms with Crippen LogP contribution in [0.5, 0.6) is 0 Å². The molecular formula is C16H25N5O2. The van der Waals surface area contributed by atoms with Crippen molar-refractivity contribution in [2.45, 2.75) is 39.2 Å². The van der Waals surface area contributed by atoms with Gasteiger partial charge in [0.2, 0.25) is 11.8 Å². The molecule has 2 rings (SSSR count). The fourth-order valence-electron chi connectivity index (χ4n) is 2.50. The number of hydrogen-bond acceptors (Lipinski definition) is 5. The van der Waals surface area contributed by atoms with Crippen molar-refractivity contribution < 1.29 is 9.59 Å². The predicted molar refractivity (Wildman–Crippen MR) is 87.7 cm³/mol. The van der Waals surface area contributed by atoms with E-state index >= 15 is 0 Å². The van der Waals surface area contributed by atoms with E-state index in [0.29, 0.717) is 19.1 Å². The fourth-order valence-corrected chi connectivity index (χ4v) is 2.50. The van der Waals surface area contributed by atoms with Crippen LogP contribution in [0, 0.1) is 5.92 Å². The van der Waals surface area contributed by atoms with Gasteiger partial charge < -0.3 is 15.5 Å². The number of rotatable bonds is 6. The molecule has 7 nitrogen and oxygen atoms in total. The van der Waals surface area contributed by atoms with E-state index in [1.54, 1.807) is 6.20 Å². The monoisotopic (exact) mass is 319 g/mol. The summed E-state index contributed by atoms with van der Waals surface area (Å²) in [6, 6.07) is 4.02. The van der Waals surface area contributed by atoms with E-state index in [4.69, 9.17) is 0 Å². The lowest BCUT2D eigenvalue weighted by Crippen LogP contribution is -2.47. The van der Waals surface area contributed by atoms with Gasteiger partial charge in [-0.2, -0.15) is 5.10 Å². The van der Waals surface area contributed by atoms with Crippen molar-refractivity contribution >= 4 is 17.6 Å². The van der Waals surface area contributed by atoms with Crippen molar-refractivity contribution in [1.82, 2.24) is 20.4 Å². The first-order valence-corrected chi connectivity index (χ1v) is 8.20. The topological polar surface area (TPSA) is 87.2 Å². The van der Waals surface area contributed by atoms with Crippen LogP contribution in [0.4, 0.5) is 5.82 Å². The normalized spacial score (nSPS) is 16.7. The van der Waals surface area contributed by atoms with Crippen molar-refractivity contribution in [3.63, 3.8) is 0 Å². The predicted octanol–water partition coefficient (Wildman–Crippen LogP) is 1.04. The number of amides is 2. The van der Waals surface area contributed by atoms with Crippen molar-refractivity contribution in [3.05, 3.63) is 18.3 Å². The number of piperidine rings is 1. The van der Waals surface area contributed by atoms with Crippen molar-refractivity contribution in [1.29, 1.82) is 0 Å². The Kier molecular flexibility index (Phi) is 6.31. The van der Waals surface area contributed by atoms with E-state index in [0.717, 1.165) is 25.1 Å². The highest BCUT2D eigenvalue weighted by atomic mass is 16.2. The maximum atomic E-state index is 12.1. The molecule has 23 heavy (non-hydrogen) atoms. The molecular weight excluding hydrogens is 294 g/mol. The van der Waals surface area contributed by atoms with Gasteiger partial charge in [0.15, 0.2) is 0 Å². The second-order valence-electron chi connectivity index (χ2n) is 5.94. The summed E-state index contributed by atoms with van der Waals surface area (Å²) < 4.78 is 0. The molecule has 0 spiro atoms. The molecule has 1 aromatic heterocycles. The van der Waals surface area contributed by atoms with Gasteiger partial charge in [0, 0.05) is 31.2 Å². The Morgan fingerprint density at radius 2 is 2.13 bits per heavy atom. The Morgan fingerprint density at radius 1 is 1.39 bits per heavy atom. The second kappa shape index (κ2) is 8.45. The molecule has 2 N–H and O–H groups in total. The lowest BCUT2D eigenvalue weighted by Gasteiger charge is -2.32. The number of carbonyl (C=O) groups is 2. The van der Waals surface area contributed by atoms with Gasteiger partial charge in [0.05, 0.1) is 6.54 Å². The SMILES string of the molecule is CCC(C)C(=O)NCC(=O)N1CCC(Nc2cccnn2)CC1. The van der Waals surface area contributed by atoms with Crippen molar-refractivity contribution in [2.75, 3.05) is 25.0 Å². The zero-order valence-corrected chi connectivity index (χ0v) is 13.8. The quantitative estimate of drug-likeness (QED) is 0.818. The number of likely N-dealkylation sites (tertiary alicyclic amines) is 1. The summed E-state index contributed by atoms with van der Waals surface area (Å²) in [7, 11) is 0. The molecule has 1 atom stereocenters. The highest BCUT2D eigenvalue weighted by molar-refractivity contribution is 5.85. The zero-order valence-electron chi connectivity index (χ0n) is 13.8. The number of nitrogens with one attached hydrogen (secondary N) is 2. The third-order valence-electron chi connectivity index (χ3n) is 4.25. The molecule has 1 fully saturated rings. The third-order valence-corrected chi connectivity index (χ3v) is 4.25. The van der Waals surface area contributed by atoms with Crippen LogP contribution < -0.4 is 10.6 Å².